The predicted molar refractivity (Wildman–Crippen MR) is 197 cm³/mol. The van der Waals surface area contributed by atoms with Gasteiger partial charge in [-0.2, -0.15) is 0 Å². The zero-order valence-electron chi connectivity index (χ0n) is 28.6. The second-order valence-corrected chi connectivity index (χ2v) is 13.6. The highest BCUT2D eigenvalue weighted by Gasteiger charge is 2.32. The SMILES string of the molecule is CN(C)c1ccc(/C=C2N=C(/C=C/c3cncs3)N(CC(=O)NC3CCC(C(=O)NCCOCCOCCCCCCCl)CC3)C/2=O)cc1. The van der Waals surface area contributed by atoms with Crippen molar-refractivity contribution in [1.82, 2.24) is 20.5 Å². The molecule has 0 atom stereocenters. The lowest BCUT2D eigenvalue weighted by atomic mass is 9.85. The molecular weight excluding hydrogens is 664 g/mol. The molecule has 1 aliphatic carbocycles. The summed E-state index contributed by atoms with van der Waals surface area (Å²) in [6.07, 6.45) is 14.1. The number of benzene rings is 1. The lowest BCUT2D eigenvalue weighted by Gasteiger charge is -2.29. The zero-order chi connectivity index (χ0) is 34.8. The number of carbonyl (C=O) groups excluding carboxylic acids is 3. The highest BCUT2D eigenvalue weighted by molar-refractivity contribution is 7.10. The molecule has 11 nitrogen and oxygen atoms in total. The molecule has 1 saturated carbocycles. The third-order valence-corrected chi connectivity index (χ3v) is 9.40. The molecule has 2 aliphatic rings. The summed E-state index contributed by atoms with van der Waals surface area (Å²) in [6, 6.07) is 7.76. The Morgan fingerprint density at radius 1 is 1.00 bits per heavy atom. The van der Waals surface area contributed by atoms with Crippen LogP contribution in [0, 0.1) is 5.92 Å². The van der Waals surface area contributed by atoms with Crippen LogP contribution in [0.5, 0.6) is 0 Å². The molecule has 0 bridgehead atoms. The summed E-state index contributed by atoms with van der Waals surface area (Å²) < 4.78 is 11.2. The van der Waals surface area contributed by atoms with Crippen LogP contribution in [0.2, 0.25) is 0 Å². The third-order valence-electron chi connectivity index (χ3n) is 8.39. The highest BCUT2D eigenvalue weighted by atomic mass is 35.5. The fraction of sp³-hybridized carbons (Fsp3) is 0.528. The summed E-state index contributed by atoms with van der Waals surface area (Å²) in [6.45, 7) is 2.53. The van der Waals surface area contributed by atoms with Crippen LogP contribution in [0.3, 0.4) is 0 Å². The maximum absolute atomic E-state index is 13.5. The molecule has 0 radical (unpaired) electrons. The van der Waals surface area contributed by atoms with Crippen LogP contribution in [0.25, 0.3) is 12.2 Å². The fourth-order valence-corrected chi connectivity index (χ4v) is 6.32. The van der Waals surface area contributed by atoms with Gasteiger partial charge in [-0.3, -0.25) is 24.3 Å². The van der Waals surface area contributed by atoms with Gasteiger partial charge in [0.1, 0.15) is 18.1 Å². The molecule has 2 N–H and O–H groups in total. The molecule has 1 aliphatic heterocycles. The van der Waals surface area contributed by atoms with E-state index in [9.17, 15) is 14.4 Å². The minimum absolute atomic E-state index is 0.0217. The Labute approximate surface area is 298 Å². The number of hydrogen-bond acceptors (Lipinski definition) is 9. The molecule has 13 heteroatoms. The number of carbonyl (C=O) groups is 3. The van der Waals surface area contributed by atoms with Crippen LogP contribution in [0.4, 0.5) is 5.69 Å². The van der Waals surface area contributed by atoms with E-state index in [0.29, 0.717) is 63.8 Å². The van der Waals surface area contributed by atoms with Crippen molar-refractivity contribution >= 4 is 64.3 Å². The van der Waals surface area contributed by atoms with Gasteiger partial charge in [-0.25, -0.2) is 4.99 Å². The first-order valence-electron chi connectivity index (χ1n) is 17.1. The van der Waals surface area contributed by atoms with Crippen molar-refractivity contribution in [3.63, 3.8) is 0 Å². The van der Waals surface area contributed by atoms with Crippen LogP contribution < -0.4 is 15.5 Å². The highest BCUT2D eigenvalue weighted by Crippen LogP contribution is 2.25. The third kappa shape index (κ3) is 13.0. The van der Waals surface area contributed by atoms with Crippen LogP contribution in [-0.2, 0) is 23.9 Å². The summed E-state index contributed by atoms with van der Waals surface area (Å²) >= 11 is 7.15. The summed E-state index contributed by atoms with van der Waals surface area (Å²) in [5.74, 6) is 0.452. The number of anilines is 1. The molecular formula is C36H49ClN6O5S. The van der Waals surface area contributed by atoms with Crippen molar-refractivity contribution < 1.29 is 23.9 Å². The molecule has 1 fully saturated rings. The number of rotatable bonds is 20. The van der Waals surface area contributed by atoms with Gasteiger partial charge >= 0.3 is 0 Å². The van der Waals surface area contributed by atoms with Gasteiger partial charge in [0, 0.05) is 61.8 Å². The maximum Gasteiger partial charge on any atom is 0.278 e. The van der Waals surface area contributed by atoms with E-state index >= 15 is 0 Å². The lowest BCUT2D eigenvalue weighted by Crippen LogP contribution is -2.46. The second-order valence-electron chi connectivity index (χ2n) is 12.3. The van der Waals surface area contributed by atoms with E-state index in [4.69, 9.17) is 21.1 Å². The number of aliphatic imine (C=N–C) groups is 1. The van der Waals surface area contributed by atoms with Crippen LogP contribution in [-0.4, -0.2) is 99.0 Å². The largest absolute Gasteiger partial charge is 0.379 e. The number of halogens is 1. The molecule has 2 aromatic rings. The standard InChI is InChI=1S/C36H49ClN6O5S/c1-42(2)30-13-7-27(8-14-30)23-32-36(46)43(33(41-32)16-15-31-24-38-26-49-31)25-34(44)40-29-11-9-28(10-12-29)35(45)39-18-20-48-22-21-47-19-6-4-3-5-17-37/h7-8,13-16,23-24,26,28-29H,3-6,9-12,17-22,25H2,1-2H3,(H,39,45)(H,40,44)/b16-15+,32-23+. The Balaban J connectivity index is 1.19. The lowest BCUT2D eigenvalue weighted by molar-refractivity contribution is -0.129. The first-order valence-corrected chi connectivity index (χ1v) is 18.5. The van der Waals surface area contributed by atoms with Gasteiger partial charge in [0.2, 0.25) is 11.8 Å². The molecule has 1 aromatic heterocycles. The Hall–Kier alpha value is -3.58. The molecule has 1 aromatic carbocycles. The number of unbranched alkanes of at least 4 members (excludes halogenated alkanes) is 3. The fourth-order valence-electron chi connectivity index (χ4n) is 5.62. The molecule has 49 heavy (non-hydrogen) atoms. The Kier molecular flexibility index (Phi) is 16.2. The van der Waals surface area contributed by atoms with Gasteiger partial charge in [-0.05, 0) is 74.4 Å². The first kappa shape index (κ1) is 38.2. The number of hydrogen-bond donors (Lipinski definition) is 2. The van der Waals surface area contributed by atoms with Gasteiger partial charge < -0.3 is 25.0 Å². The zero-order valence-corrected chi connectivity index (χ0v) is 30.1. The number of ether oxygens (including phenoxy) is 2. The van der Waals surface area contributed by atoms with E-state index in [-0.39, 0.29) is 41.9 Å². The Morgan fingerprint density at radius 2 is 1.73 bits per heavy atom. The molecule has 2 heterocycles. The quantitative estimate of drug-likeness (QED) is 0.111. The van der Waals surface area contributed by atoms with Crippen molar-refractivity contribution in [1.29, 1.82) is 0 Å². The van der Waals surface area contributed by atoms with Crippen LogP contribution in [0.1, 0.15) is 61.8 Å². The molecule has 0 spiro atoms. The molecule has 3 amide bonds. The summed E-state index contributed by atoms with van der Waals surface area (Å²) in [5.41, 5.74) is 3.89. The summed E-state index contributed by atoms with van der Waals surface area (Å²) in [4.78, 5) is 52.4. The van der Waals surface area contributed by atoms with Crippen molar-refractivity contribution in [2.45, 2.75) is 57.4 Å². The average Bonchev–Trinajstić information content (AvgIpc) is 3.72. The minimum atomic E-state index is -0.332. The molecule has 266 valence electrons. The van der Waals surface area contributed by atoms with Crippen molar-refractivity contribution in [3.8, 4) is 0 Å². The minimum Gasteiger partial charge on any atom is -0.379 e. The normalized spacial score (nSPS) is 18.7. The van der Waals surface area contributed by atoms with E-state index in [0.717, 1.165) is 48.4 Å². The van der Waals surface area contributed by atoms with Crippen molar-refractivity contribution in [2.24, 2.45) is 10.9 Å². The van der Waals surface area contributed by atoms with E-state index in [1.165, 1.54) is 16.2 Å². The summed E-state index contributed by atoms with van der Waals surface area (Å²) in [5, 5.41) is 6.05. The molecule has 0 saturated heterocycles. The van der Waals surface area contributed by atoms with Crippen molar-refractivity contribution in [2.75, 3.05) is 64.4 Å². The first-order chi connectivity index (χ1) is 23.8. The van der Waals surface area contributed by atoms with Crippen molar-refractivity contribution in [3.05, 3.63) is 58.2 Å². The second kappa shape index (κ2) is 20.8. The predicted octanol–water partition coefficient (Wildman–Crippen LogP) is 5.13. The monoisotopic (exact) mass is 712 g/mol. The smallest absolute Gasteiger partial charge is 0.278 e. The maximum atomic E-state index is 13.5. The number of amidine groups is 1. The number of alkyl halides is 1. The average molecular weight is 713 g/mol. The topological polar surface area (TPSA) is 125 Å². The van der Waals surface area contributed by atoms with Crippen LogP contribution in [0.15, 0.2) is 52.7 Å². The van der Waals surface area contributed by atoms with Gasteiger partial charge in [0.25, 0.3) is 5.91 Å². The summed E-state index contributed by atoms with van der Waals surface area (Å²) in [7, 11) is 3.94. The van der Waals surface area contributed by atoms with Gasteiger partial charge in [0.15, 0.2) is 0 Å². The molecule has 4 rings (SSSR count). The number of nitrogens with zero attached hydrogens (tertiary/aromatic N) is 4. The van der Waals surface area contributed by atoms with Gasteiger partial charge in [-0.1, -0.05) is 25.0 Å². The van der Waals surface area contributed by atoms with E-state index < -0.39 is 0 Å². The van der Waals surface area contributed by atoms with Crippen LogP contribution >= 0.6 is 22.9 Å². The number of aromatic nitrogens is 1. The number of amides is 3. The van der Waals surface area contributed by atoms with E-state index in [2.05, 4.69) is 20.6 Å². The van der Waals surface area contributed by atoms with E-state index in [1.54, 1.807) is 23.9 Å². The van der Waals surface area contributed by atoms with E-state index in [1.807, 2.05) is 49.3 Å². The molecule has 0 unspecified atom stereocenters. The number of nitrogens with one attached hydrogen (secondary N) is 2. The Morgan fingerprint density at radius 3 is 2.43 bits per heavy atom. The van der Waals surface area contributed by atoms with Gasteiger partial charge in [0.05, 0.1) is 25.3 Å². The number of thiazole rings is 1. The Bertz CT molecular complexity index is 1420. The van der Waals surface area contributed by atoms with Gasteiger partial charge in [-0.15, -0.1) is 22.9 Å².